The van der Waals surface area contributed by atoms with Gasteiger partial charge in [-0.05, 0) is 21.0 Å². The number of hydrogen-bond donors (Lipinski definition) is 2. The molecule has 66 valence electrons. The predicted octanol–water partition coefficient (Wildman–Crippen LogP) is -0.389. The van der Waals surface area contributed by atoms with Crippen LogP contribution in [0.15, 0.2) is 0 Å². The fourth-order valence-corrected chi connectivity index (χ4v) is 0.592. The van der Waals surface area contributed by atoms with E-state index < -0.39 is 12.0 Å². The lowest BCUT2D eigenvalue weighted by Crippen LogP contribution is -2.37. The molecule has 0 bridgehead atoms. The highest BCUT2D eigenvalue weighted by atomic mass is 16.4. The van der Waals surface area contributed by atoms with Gasteiger partial charge < -0.3 is 15.3 Å². The summed E-state index contributed by atoms with van der Waals surface area (Å²) in [5, 5.41) is 11.3. The Morgan fingerprint density at radius 3 is 2.55 bits per heavy atom. The number of carboxylic acid groups (broad SMARTS) is 1. The summed E-state index contributed by atoms with van der Waals surface area (Å²) in [5.41, 5.74) is 0. The number of aliphatic carboxylic acids is 1. The Balaban J connectivity index is 3.31. The van der Waals surface area contributed by atoms with E-state index in [1.165, 1.54) is 0 Å². The number of rotatable bonds is 5. The van der Waals surface area contributed by atoms with Crippen LogP contribution in [0.5, 0.6) is 0 Å². The molecule has 1 unspecified atom stereocenters. The Morgan fingerprint density at radius 2 is 2.18 bits per heavy atom. The molecule has 0 heterocycles. The van der Waals surface area contributed by atoms with Crippen LogP contribution in [0.2, 0.25) is 0 Å². The van der Waals surface area contributed by atoms with Gasteiger partial charge in [-0.15, -0.1) is 0 Å². The first-order valence-corrected chi connectivity index (χ1v) is 3.65. The summed E-state index contributed by atoms with van der Waals surface area (Å²) >= 11 is 0. The van der Waals surface area contributed by atoms with Crippen molar-refractivity contribution >= 4 is 5.97 Å². The second-order valence-corrected chi connectivity index (χ2v) is 2.82. The predicted molar refractivity (Wildman–Crippen MR) is 43.7 cm³/mol. The molecular formula is C7H16N2O2. The molecule has 11 heavy (non-hydrogen) atoms. The number of likely N-dealkylation sites (N-methyl/N-ethyl adjacent to an activating group) is 1. The van der Waals surface area contributed by atoms with Crippen LogP contribution in [0.25, 0.3) is 0 Å². The molecular weight excluding hydrogens is 144 g/mol. The molecule has 0 aromatic heterocycles. The average Bonchev–Trinajstić information content (AvgIpc) is 1.86. The molecule has 2 N–H and O–H groups in total. The summed E-state index contributed by atoms with van der Waals surface area (Å²) in [6, 6.07) is -0.449. The Labute approximate surface area is 67.2 Å². The first-order valence-electron chi connectivity index (χ1n) is 3.65. The molecule has 1 atom stereocenters. The van der Waals surface area contributed by atoms with E-state index in [0.29, 0.717) is 6.54 Å². The third-order valence-electron chi connectivity index (χ3n) is 1.38. The molecule has 4 nitrogen and oxygen atoms in total. The highest BCUT2D eigenvalue weighted by Gasteiger charge is 2.08. The monoisotopic (exact) mass is 160 g/mol. The maximum atomic E-state index is 10.3. The normalized spacial score (nSPS) is 13.5. The Morgan fingerprint density at radius 1 is 1.64 bits per heavy atom. The second kappa shape index (κ2) is 5.09. The van der Waals surface area contributed by atoms with E-state index in [9.17, 15) is 4.79 Å². The van der Waals surface area contributed by atoms with Gasteiger partial charge >= 0.3 is 5.97 Å². The second-order valence-electron chi connectivity index (χ2n) is 2.82. The molecule has 0 amide bonds. The maximum absolute atomic E-state index is 10.3. The molecule has 0 aromatic carbocycles. The van der Waals surface area contributed by atoms with Crippen LogP contribution in [0.4, 0.5) is 0 Å². The molecule has 0 aliphatic carbocycles. The SMILES string of the molecule is CC(NCCN(C)C)C(=O)O. The minimum Gasteiger partial charge on any atom is -0.480 e. The van der Waals surface area contributed by atoms with Crippen molar-refractivity contribution in [3.63, 3.8) is 0 Å². The summed E-state index contributed by atoms with van der Waals surface area (Å²) in [5.74, 6) is -0.802. The van der Waals surface area contributed by atoms with Crippen molar-refractivity contribution < 1.29 is 9.90 Å². The van der Waals surface area contributed by atoms with Crippen LogP contribution >= 0.6 is 0 Å². The van der Waals surface area contributed by atoms with E-state index >= 15 is 0 Å². The molecule has 0 fully saturated rings. The van der Waals surface area contributed by atoms with Crippen LogP contribution in [0.1, 0.15) is 6.92 Å². The zero-order valence-electron chi connectivity index (χ0n) is 7.29. The number of carbonyl (C=O) groups is 1. The molecule has 0 aliphatic rings. The van der Waals surface area contributed by atoms with Gasteiger partial charge in [0.05, 0.1) is 0 Å². The maximum Gasteiger partial charge on any atom is 0.320 e. The first kappa shape index (κ1) is 10.4. The fourth-order valence-electron chi connectivity index (χ4n) is 0.592. The highest BCUT2D eigenvalue weighted by molar-refractivity contribution is 5.72. The van der Waals surface area contributed by atoms with Crippen LogP contribution in [-0.2, 0) is 4.79 Å². The molecule has 4 heteroatoms. The molecule has 0 radical (unpaired) electrons. The van der Waals surface area contributed by atoms with Gasteiger partial charge in [0.25, 0.3) is 0 Å². The van der Waals surface area contributed by atoms with Crippen LogP contribution in [0, 0.1) is 0 Å². The standard InChI is InChI=1S/C7H16N2O2/c1-6(7(10)11)8-4-5-9(2)3/h6,8H,4-5H2,1-3H3,(H,10,11). The third-order valence-corrected chi connectivity index (χ3v) is 1.38. The summed E-state index contributed by atoms with van der Waals surface area (Å²) in [6.07, 6.45) is 0. The summed E-state index contributed by atoms with van der Waals surface area (Å²) in [7, 11) is 3.90. The highest BCUT2D eigenvalue weighted by Crippen LogP contribution is 1.80. The largest absolute Gasteiger partial charge is 0.480 e. The topological polar surface area (TPSA) is 52.6 Å². The van der Waals surface area contributed by atoms with Gasteiger partial charge in [0, 0.05) is 13.1 Å². The smallest absolute Gasteiger partial charge is 0.320 e. The van der Waals surface area contributed by atoms with Gasteiger partial charge in [0.1, 0.15) is 6.04 Å². The molecule has 0 spiro atoms. The molecule has 0 aromatic rings. The van der Waals surface area contributed by atoms with E-state index in [4.69, 9.17) is 5.11 Å². The van der Waals surface area contributed by atoms with E-state index in [0.717, 1.165) is 6.54 Å². The molecule has 0 saturated carbocycles. The van der Waals surface area contributed by atoms with Gasteiger partial charge in [-0.25, -0.2) is 0 Å². The average molecular weight is 160 g/mol. The Hall–Kier alpha value is -0.610. The van der Waals surface area contributed by atoms with Crippen molar-refractivity contribution in [2.24, 2.45) is 0 Å². The third kappa shape index (κ3) is 5.82. The van der Waals surface area contributed by atoms with E-state index in [-0.39, 0.29) is 0 Å². The van der Waals surface area contributed by atoms with Gasteiger partial charge in [-0.2, -0.15) is 0 Å². The quantitative estimate of drug-likeness (QED) is 0.575. The lowest BCUT2D eigenvalue weighted by molar-refractivity contribution is -0.138. The molecule has 0 saturated heterocycles. The van der Waals surface area contributed by atoms with Crippen LogP contribution in [-0.4, -0.2) is 49.2 Å². The van der Waals surface area contributed by atoms with Crippen molar-refractivity contribution in [1.29, 1.82) is 0 Å². The van der Waals surface area contributed by atoms with Crippen molar-refractivity contribution in [2.45, 2.75) is 13.0 Å². The Kier molecular flexibility index (Phi) is 4.81. The summed E-state index contributed by atoms with van der Waals surface area (Å²) in [6.45, 7) is 3.20. The lowest BCUT2D eigenvalue weighted by Gasteiger charge is -2.12. The lowest BCUT2D eigenvalue weighted by atomic mass is 10.3. The number of nitrogens with one attached hydrogen (secondary N) is 1. The van der Waals surface area contributed by atoms with E-state index in [1.54, 1.807) is 6.92 Å². The minimum absolute atomic E-state index is 0.449. The van der Waals surface area contributed by atoms with Crippen LogP contribution in [0.3, 0.4) is 0 Å². The summed E-state index contributed by atoms with van der Waals surface area (Å²) in [4.78, 5) is 12.3. The van der Waals surface area contributed by atoms with Crippen molar-refractivity contribution in [3.8, 4) is 0 Å². The first-order chi connectivity index (χ1) is 5.04. The van der Waals surface area contributed by atoms with Crippen molar-refractivity contribution in [3.05, 3.63) is 0 Å². The van der Waals surface area contributed by atoms with E-state index in [1.807, 2.05) is 19.0 Å². The summed E-state index contributed by atoms with van der Waals surface area (Å²) < 4.78 is 0. The fraction of sp³-hybridized carbons (Fsp3) is 0.857. The van der Waals surface area contributed by atoms with Gasteiger partial charge in [-0.1, -0.05) is 0 Å². The molecule has 0 aliphatic heterocycles. The van der Waals surface area contributed by atoms with Crippen LogP contribution < -0.4 is 5.32 Å². The van der Waals surface area contributed by atoms with Gasteiger partial charge in [0.15, 0.2) is 0 Å². The van der Waals surface area contributed by atoms with Gasteiger partial charge in [0.2, 0.25) is 0 Å². The minimum atomic E-state index is -0.802. The number of nitrogens with zero attached hydrogens (tertiary/aromatic N) is 1. The van der Waals surface area contributed by atoms with E-state index in [2.05, 4.69) is 5.32 Å². The van der Waals surface area contributed by atoms with Crippen molar-refractivity contribution in [2.75, 3.05) is 27.2 Å². The molecule has 0 rings (SSSR count). The zero-order chi connectivity index (χ0) is 8.85. The number of carboxylic acids is 1. The van der Waals surface area contributed by atoms with Crippen molar-refractivity contribution in [1.82, 2.24) is 10.2 Å². The Bertz CT molecular complexity index is 126. The van der Waals surface area contributed by atoms with Gasteiger partial charge in [-0.3, -0.25) is 4.79 Å². The number of hydrogen-bond acceptors (Lipinski definition) is 3. The zero-order valence-corrected chi connectivity index (χ0v) is 7.29.